The monoisotopic (exact) mass is 403 g/mol. The molecule has 0 radical (unpaired) electrons. The van der Waals surface area contributed by atoms with Gasteiger partial charge in [-0.2, -0.15) is 0 Å². The van der Waals surface area contributed by atoms with Crippen molar-refractivity contribution < 1.29 is 28.5 Å². The van der Waals surface area contributed by atoms with E-state index in [1.165, 1.54) is 0 Å². The molecule has 0 saturated carbocycles. The van der Waals surface area contributed by atoms with Crippen molar-refractivity contribution in [3.8, 4) is 0 Å². The van der Waals surface area contributed by atoms with Gasteiger partial charge in [0, 0.05) is 11.5 Å². The van der Waals surface area contributed by atoms with Gasteiger partial charge in [0.2, 0.25) is 0 Å². The van der Waals surface area contributed by atoms with Crippen LogP contribution < -0.4 is 0 Å². The SMILES string of the molecule is [N-]=[N+]=NCCOCCOCCOCCOC(=O)OCI. The number of hydrogen-bond donors (Lipinski definition) is 0. The molecule has 0 aliphatic rings. The second-order valence-corrected chi connectivity index (χ2v) is 3.77. The summed E-state index contributed by atoms with van der Waals surface area (Å²) < 4.78 is 25.0. The number of nitrogens with zero attached hydrogens (tertiary/aromatic N) is 3. The highest BCUT2D eigenvalue weighted by molar-refractivity contribution is 14.1. The summed E-state index contributed by atoms with van der Waals surface area (Å²) in [5, 5.41) is 3.32. The average molecular weight is 403 g/mol. The Hall–Kier alpha value is -0.810. The van der Waals surface area contributed by atoms with Crippen molar-refractivity contribution in [2.45, 2.75) is 0 Å². The molecule has 0 rings (SSSR count). The fourth-order valence-corrected chi connectivity index (χ4v) is 1.22. The van der Waals surface area contributed by atoms with Crippen molar-refractivity contribution in [1.29, 1.82) is 0 Å². The number of alkyl halides is 1. The van der Waals surface area contributed by atoms with Crippen LogP contribution in [0.15, 0.2) is 5.11 Å². The number of carbonyl (C=O) groups excluding carboxylic acids is 1. The van der Waals surface area contributed by atoms with E-state index in [2.05, 4.69) is 19.5 Å². The molecule has 0 heterocycles. The molecule has 0 saturated heterocycles. The van der Waals surface area contributed by atoms with Gasteiger partial charge in [0.25, 0.3) is 0 Å². The predicted molar refractivity (Wildman–Crippen MR) is 77.8 cm³/mol. The van der Waals surface area contributed by atoms with Crippen LogP contribution in [-0.4, -0.2) is 63.6 Å². The van der Waals surface area contributed by atoms with E-state index in [1.807, 2.05) is 22.6 Å². The highest BCUT2D eigenvalue weighted by atomic mass is 127. The lowest BCUT2D eigenvalue weighted by atomic mass is 10.7. The van der Waals surface area contributed by atoms with Crippen LogP contribution in [0, 0.1) is 0 Å². The summed E-state index contributed by atoms with van der Waals surface area (Å²) in [7, 11) is 0. The van der Waals surface area contributed by atoms with Crippen LogP contribution in [0.4, 0.5) is 4.79 Å². The van der Waals surface area contributed by atoms with Crippen LogP contribution in [0.25, 0.3) is 10.4 Å². The minimum atomic E-state index is -0.697. The molecule has 0 amide bonds. The molecule has 10 heteroatoms. The fraction of sp³-hybridized carbons (Fsp3) is 0.900. The van der Waals surface area contributed by atoms with Gasteiger partial charge < -0.3 is 23.7 Å². The normalized spacial score (nSPS) is 9.85. The first-order chi connectivity index (χ1) is 9.81. The zero-order valence-electron chi connectivity index (χ0n) is 11.0. The van der Waals surface area contributed by atoms with Gasteiger partial charge in [-0.05, 0) is 28.1 Å². The van der Waals surface area contributed by atoms with Crippen LogP contribution in [0.2, 0.25) is 0 Å². The van der Waals surface area contributed by atoms with Crippen LogP contribution >= 0.6 is 22.6 Å². The number of ether oxygens (including phenoxy) is 5. The Labute approximate surface area is 130 Å². The summed E-state index contributed by atoms with van der Waals surface area (Å²) in [6, 6.07) is 0. The molecular weight excluding hydrogens is 385 g/mol. The third kappa shape index (κ3) is 15.2. The van der Waals surface area contributed by atoms with E-state index < -0.39 is 6.16 Å². The van der Waals surface area contributed by atoms with E-state index >= 15 is 0 Å². The van der Waals surface area contributed by atoms with Crippen molar-refractivity contribution >= 4 is 28.7 Å². The van der Waals surface area contributed by atoms with Crippen LogP contribution in [0.3, 0.4) is 0 Å². The number of halogens is 1. The average Bonchev–Trinajstić information content (AvgIpc) is 2.44. The molecule has 116 valence electrons. The Morgan fingerprint density at radius 1 is 0.950 bits per heavy atom. The third-order valence-electron chi connectivity index (χ3n) is 1.76. The molecule has 0 atom stereocenters. The highest BCUT2D eigenvalue weighted by Crippen LogP contribution is 1.90. The Bertz CT molecular complexity index is 288. The Morgan fingerprint density at radius 2 is 1.50 bits per heavy atom. The lowest BCUT2D eigenvalue weighted by Gasteiger charge is -2.06. The number of carbonyl (C=O) groups is 1. The summed E-state index contributed by atoms with van der Waals surface area (Å²) in [6.07, 6.45) is -0.697. The third-order valence-corrected chi connectivity index (χ3v) is 2.07. The first kappa shape index (κ1) is 19.2. The van der Waals surface area contributed by atoms with E-state index in [-0.39, 0.29) is 11.2 Å². The number of rotatable bonds is 13. The maximum atomic E-state index is 10.8. The molecule has 0 spiro atoms. The highest BCUT2D eigenvalue weighted by Gasteiger charge is 2.01. The molecule has 0 aliphatic carbocycles. The van der Waals surface area contributed by atoms with Crippen molar-refractivity contribution in [2.24, 2.45) is 5.11 Å². The molecule has 0 N–H and O–H groups in total. The first-order valence-electron chi connectivity index (χ1n) is 5.91. The molecule has 20 heavy (non-hydrogen) atoms. The lowest BCUT2D eigenvalue weighted by Crippen LogP contribution is -2.14. The molecule has 0 bridgehead atoms. The summed E-state index contributed by atoms with van der Waals surface area (Å²) in [5.41, 5.74) is 8.01. The minimum absolute atomic E-state index is 0.151. The van der Waals surface area contributed by atoms with Crippen molar-refractivity contribution in [2.75, 3.05) is 57.4 Å². The maximum absolute atomic E-state index is 10.8. The summed E-state index contributed by atoms with van der Waals surface area (Å²) in [5.74, 6) is 0. The summed E-state index contributed by atoms with van der Waals surface area (Å²) in [6.45, 7) is 2.86. The van der Waals surface area contributed by atoms with Crippen LogP contribution in [-0.2, 0) is 23.7 Å². The largest absolute Gasteiger partial charge is 0.509 e. The van der Waals surface area contributed by atoms with Gasteiger partial charge in [0.15, 0.2) is 0 Å². The van der Waals surface area contributed by atoms with Gasteiger partial charge in [-0.15, -0.1) is 0 Å². The van der Waals surface area contributed by atoms with Gasteiger partial charge in [-0.25, -0.2) is 4.79 Å². The number of hydrogen-bond acceptors (Lipinski definition) is 7. The van der Waals surface area contributed by atoms with Gasteiger partial charge in [-0.3, -0.25) is 0 Å². The van der Waals surface area contributed by atoms with E-state index in [4.69, 9.17) is 19.7 Å². The van der Waals surface area contributed by atoms with E-state index in [1.54, 1.807) is 0 Å². The standard InChI is InChI=1S/C10H18IN3O6/c11-9-20-10(15)19-8-7-18-6-5-17-4-3-16-2-1-13-14-12/h1-9H2. The minimum Gasteiger partial charge on any atom is -0.432 e. The zero-order valence-corrected chi connectivity index (χ0v) is 13.2. The maximum Gasteiger partial charge on any atom is 0.509 e. The molecule has 0 aromatic carbocycles. The van der Waals surface area contributed by atoms with E-state index in [0.717, 1.165) is 0 Å². The predicted octanol–water partition coefficient (Wildman–Crippen LogP) is 1.89. The van der Waals surface area contributed by atoms with E-state index in [0.29, 0.717) is 46.2 Å². The summed E-state index contributed by atoms with van der Waals surface area (Å²) >= 11 is 1.90. The summed E-state index contributed by atoms with van der Waals surface area (Å²) in [4.78, 5) is 13.4. The zero-order chi connectivity index (χ0) is 14.9. The molecular formula is C10H18IN3O6. The Kier molecular flexibility index (Phi) is 15.6. The van der Waals surface area contributed by atoms with Gasteiger partial charge in [0.1, 0.15) is 11.2 Å². The Morgan fingerprint density at radius 3 is 2.05 bits per heavy atom. The van der Waals surface area contributed by atoms with Gasteiger partial charge in [-0.1, -0.05) is 5.11 Å². The molecule has 0 aromatic rings. The smallest absolute Gasteiger partial charge is 0.432 e. The second-order valence-electron chi connectivity index (χ2n) is 3.14. The topological polar surface area (TPSA) is 112 Å². The molecule has 0 aliphatic heterocycles. The van der Waals surface area contributed by atoms with Gasteiger partial charge >= 0.3 is 6.16 Å². The number of azide groups is 1. The van der Waals surface area contributed by atoms with Crippen molar-refractivity contribution in [3.63, 3.8) is 0 Å². The van der Waals surface area contributed by atoms with Gasteiger partial charge in [0.05, 0.1) is 39.6 Å². The second kappa shape index (κ2) is 16.2. The molecule has 9 nitrogen and oxygen atoms in total. The van der Waals surface area contributed by atoms with Crippen LogP contribution in [0.5, 0.6) is 0 Å². The lowest BCUT2D eigenvalue weighted by molar-refractivity contribution is -0.0000626. The van der Waals surface area contributed by atoms with E-state index in [9.17, 15) is 4.79 Å². The van der Waals surface area contributed by atoms with Crippen molar-refractivity contribution in [1.82, 2.24) is 0 Å². The Balaban J connectivity index is 3.06. The molecule has 0 aromatic heterocycles. The van der Waals surface area contributed by atoms with Crippen molar-refractivity contribution in [3.05, 3.63) is 10.4 Å². The molecule has 0 fully saturated rings. The first-order valence-corrected chi connectivity index (χ1v) is 7.43. The van der Waals surface area contributed by atoms with Crippen LogP contribution in [0.1, 0.15) is 0 Å². The fourth-order valence-electron chi connectivity index (χ4n) is 0.962. The molecule has 0 unspecified atom stereocenters. The quantitative estimate of drug-likeness (QED) is 0.0883.